The van der Waals surface area contributed by atoms with E-state index in [4.69, 9.17) is 14.2 Å². The number of carboxylic acids is 1. The van der Waals surface area contributed by atoms with Crippen molar-refractivity contribution in [2.24, 2.45) is 0 Å². The fourth-order valence-electron chi connectivity index (χ4n) is 4.68. The fraction of sp³-hybridized carbons (Fsp3) is 0.618. The summed E-state index contributed by atoms with van der Waals surface area (Å²) >= 11 is 0. The van der Waals surface area contributed by atoms with E-state index in [1.165, 1.54) is 96.0 Å². The van der Waals surface area contributed by atoms with Crippen molar-refractivity contribution in [3.05, 3.63) is 48.0 Å². The Kier molecular flexibility index (Phi) is 18.2. The van der Waals surface area contributed by atoms with Gasteiger partial charge < -0.3 is 24.4 Å². The van der Waals surface area contributed by atoms with Crippen LogP contribution in [0, 0.1) is 0 Å². The van der Waals surface area contributed by atoms with E-state index in [1.54, 1.807) is 36.4 Å². The summed E-state index contributed by atoms with van der Waals surface area (Å²) in [5.74, 6) is 0.894. The van der Waals surface area contributed by atoms with Gasteiger partial charge in [0, 0.05) is 6.42 Å². The van der Waals surface area contributed by atoms with Crippen molar-refractivity contribution in [3.8, 4) is 23.0 Å². The van der Waals surface area contributed by atoms with Crippen LogP contribution in [0.15, 0.2) is 42.5 Å². The van der Waals surface area contributed by atoms with Crippen molar-refractivity contribution < 1.29 is 29.2 Å². The standard InChI is InChI=1S/C34H52O6/c1-2-3-4-5-6-7-8-9-10-11-12-13-14-15-16-17-25-39-32-24-19-29(34(36)37)28-33(32)40-27-18-26-38-31-22-20-30(35)21-23-31/h19-24,28,35H,2-18,25-27H2,1H3,(H,36,37). The molecule has 6 nitrogen and oxygen atoms in total. The molecular weight excluding hydrogens is 504 g/mol. The lowest BCUT2D eigenvalue weighted by molar-refractivity contribution is 0.0696. The molecule has 2 aromatic rings. The highest BCUT2D eigenvalue weighted by Crippen LogP contribution is 2.29. The van der Waals surface area contributed by atoms with Crippen molar-refractivity contribution in [2.45, 2.75) is 116 Å². The summed E-state index contributed by atoms with van der Waals surface area (Å²) in [6.07, 6.45) is 21.9. The average Bonchev–Trinajstić information content (AvgIpc) is 2.96. The van der Waals surface area contributed by atoms with Crippen molar-refractivity contribution in [1.29, 1.82) is 0 Å². The highest BCUT2D eigenvalue weighted by Gasteiger charge is 2.11. The van der Waals surface area contributed by atoms with E-state index in [9.17, 15) is 15.0 Å². The Morgan fingerprint density at radius 2 is 1.05 bits per heavy atom. The van der Waals surface area contributed by atoms with E-state index < -0.39 is 5.97 Å². The highest BCUT2D eigenvalue weighted by atomic mass is 16.5. The number of benzene rings is 2. The summed E-state index contributed by atoms with van der Waals surface area (Å²) in [5, 5.41) is 18.7. The summed E-state index contributed by atoms with van der Waals surface area (Å²) in [6, 6.07) is 11.3. The summed E-state index contributed by atoms with van der Waals surface area (Å²) in [4.78, 5) is 11.4. The van der Waals surface area contributed by atoms with Crippen LogP contribution in [0.1, 0.15) is 126 Å². The molecule has 0 aliphatic rings. The van der Waals surface area contributed by atoms with Crippen molar-refractivity contribution >= 4 is 5.97 Å². The minimum atomic E-state index is -0.995. The van der Waals surface area contributed by atoms with Crippen LogP contribution in [0.5, 0.6) is 23.0 Å². The molecule has 0 bridgehead atoms. The monoisotopic (exact) mass is 556 g/mol. The third-order valence-electron chi connectivity index (χ3n) is 7.10. The van der Waals surface area contributed by atoms with Crippen LogP contribution in [0.2, 0.25) is 0 Å². The van der Waals surface area contributed by atoms with Gasteiger partial charge in [0.25, 0.3) is 0 Å². The lowest BCUT2D eigenvalue weighted by atomic mass is 10.0. The maximum Gasteiger partial charge on any atom is 0.335 e. The number of rotatable bonds is 25. The van der Waals surface area contributed by atoms with E-state index in [1.807, 2.05) is 0 Å². The predicted molar refractivity (Wildman–Crippen MR) is 162 cm³/mol. The Morgan fingerprint density at radius 1 is 0.575 bits per heavy atom. The van der Waals surface area contributed by atoms with E-state index in [2.05, 4.69) is 6.92 Å². The number of phenolic OH excluding ortho intramolecular Hbond substituents is 1. The van der Waals surface area contributed by atoms with Crippen LogP contribution in [-0.2, 0) is 0 Å². The third-order valence-corrected chi connectivity index (χ3v) is 7.10. The van der Waals surface area contributed by atoms with Gasteiger partial charge in [-0.1, -0.05) is 103 Å². The number of hydrogen-bond donors (Lipinski definition) is 2. The highest BCUT2D eigenvalue weighted by molar-refractivity contribution is 5.88. The Balaban J connectivity index is 1.52. The molecule has 6 heteroatoms. The lowest BCUT2D eigenvalue weighted by Gasteiger charge is -2.14. The summed E-state index contributed by atoms with van der Waals surface area (Å²) < 4.78 is 17.5. The molecule has 0 spiro atoms. The lowest BCUT2D eigenvalue weighted by Crippen LogP contribution is -2.07. The van der Waals surface area contributed by atoms with E-state index in [0.717, 1.165) is 12.8 Å². The number of hydrogen-bond acceptors (Lipinski definition) is 5. The van der Waals surface area contributed by atoms with Gasteiger partial charge in [0.05, 0.1) is 25.4 Å². The molecule has 0 amide bonds. The molecule has 0 fully saturated rings. The molecule has 0 atom stereocenters. The molecule has 224 valence electrons. The molecule has 0 unspecified atom stereocenters. The topological polar surface area (TPSA) is 85.2 Å². The summed E-state index contributed by atoms with van der Waals surface area (Å²) in [7, 11) is 0. The largest absolute Gasteiger partial charge is 0.508 e. The molecule has 2 N–H and O–H groups in total. The Bertz CT molecular complexity index is 911. The smallest absolute Gasteiger partial charge is 0.335 e. The first-order valence-corrected chi connectivity index (χ1v) is 15.6. The molecule has 0 aromatic heterocycles. The normalized spacial score (nSPS) is 10.9. The molecule has 0 saturated carbocycles. The van der Waals surface area contributed by atoms with Gasteiger partial charge in [-0.3, -0.25) is 0 Å². The van der Waals surface area contributed by atoms with Gasteiger partial charge >= 0.3 is 5.97 Å². The molecule has 2 aromatic carbocycles. The number of unbranched alkanes of at least 4 members (excludes halogenated alkanes) is 15. The summed E-state index contributed by atoms with van der Waals surface area (Å²) in [5.41, 5.74) is 0.171. The maximum absolute atomic E-state index is 11.4. The second kappa shape index (κ2) is 21.9. The zero-order valence-electron chi connectivity index (χ0n) is 24.7. The second-order valence-electron chi connectivity index (χ2n) is 10.7. The van der Waals surface area contributed by atoms with Crippen LogP contribution in [-0.4, -0.2) is 36.0 Å². The SMILES string of the molecule is CCCCCCCCCCCCCCCCCCOc1ccc(C(=O)O)cc1OCCCOc1ccc(O)cc1. The quantitative estimate of drug-likeness (QED) is 0.118. The first kappa shape index (κ1) is 33.3. The number of aromatic carboxylic acids is 1. The Labute approximate surface area is 242 Å². The van der Waals surface area contributed by atoms with Crippen LogP contribution in [0.3, 0.4) is 0 Å². The minimum absolute atomic E-state index is 0.171. The zero-order valence-corrected chi connectivity index (χ0v) is 24.7. The number of carbonyl (C=O) groups is 1. The van der Waals surface area contributed by atoms with E-state index in [-0.39, 0.29) is 11.3 Å². The molecule has 0 aliphatic heterocycles. The van der Waals surface area contributed by atoms with Gasteiger partial charge in [0.2, 0.25) is 0 Å². The molecule has 0 radical (unpaired) electrons. The van der Waals surface area contributed by atoms with Crippen molar-refractivity contribution in [3.63, 3.8) is 0 Å². The van der Waals surface area contributed by atoms with Gasteiger partial charge in [-0.05, 0) is 48.9 Å². The molecule has 0 aliphatic carbocycles. The van der Waals surface area contributed by atoms with Gasteiger partial charge in [0.1, 0.15) is 11.5 Å². The van der Waals surface area contributed by atoms with Crippen molar-refractivity contribution in [1.82, 2.24) is 0 Å². The average molecular weight is 557 g/mol. The second-order valence-corrected chi connectivity index (χ2v) is 10.7. The summed E-state index contributed by atoms with van der Waals surface area (Å²) in [6.45, 7) is 3.68. The molecular formula is C34H52O6. The third kappa shape index (κ3) is 15.6. The number of aromatic hydroxyl groups is 1. The Hall–Kier alpha value is -2.89. The van der Waals surface area contributed by atoms with Crippen LogP contribution in [0.25, 0.3) is 0 Å². The van der Waals surface area contributed by atoms with Crippen LogP contribution < -0.4 is 14.2 Å². The molecule has 2 rings (SSSR count). The number of ether oxygens (including phenoxy) is 3. The van der Waals surface area contributed by atoms with Gasteiger partial charge in [0.15, 0.2) is 11.5 Å². The van der Waals surface area contributed by atoms with E-state index >= 15 is 0 Å². The van der Waals surface area contributed by atoms with Gasteiger partial charge in [-0.25, -0.2) is 4.79 Å². The fourth-order valence-corrected chi connectivity index (χ4v) is 4.68. The first-order chi connectivity index (χ1) is 19.6. The molecule has 0 heterocycles. The maximum atomic E-state index is 11.4. The molecule has 0 saturated heterocycles. The van der Waals surface area contributed by atoms with E-state index in [0.29, 0.717) is 43.5 Å². The van der Waals surface area contributed by atoms with Crippen LogP contribution >= 0.6 is 0 Å². The van der Waals surface area contributed by atoms with Gasteiger partial charge in [-0.2, -0.15) is 0 Å². The predicted octanol–water partition coefficient (Wildman–Crippen LogP) is 9.58. The number of phenols is 1. The zero-order chi connectivity index (χ0) is 28.7. The van der Waals surface area contributed by atoms with Crippen LogP contribution in [0.4, 0.5) is 0 Å². The first-order valence-electron chi connectivity index (χ1n) is 15.6. The van der Waals surface area contributed by atoms with Gasteiger partial charge in [-0.15, -0.1) is 0 Å². The Morgan fingerprint density at radius 3 is 1.60 bits per heavy atom. The minimum Gasteiger partial charge on any atom is -0.508 e. The van der Waals surface area contributed by atoms with Crippen molar-refractivity contribution in [2.75, 3.05) is 19.8 Å². The molecule has 40 heavy (non-hydrogen) atoms. The number of carboxylic acid groups (broad SMARTS) is 1.